The van der Waals surface area contributed by atoms with E-state index >= 15 is 0 Å². The third-order valence-corrected chi connectivity index (χ3v) is 3.69. The summed E-state index contributed by atoms with van der Waals surface area (Å²) in [6, 6.07) is 0.00187. The van der Waals surface area contributed by atoms with Gasteiger partial charge in [-0.15, -0.1) is 0 Å². The van der Waals surface area contributed by atoms with Gasteiger partial charge >= 0.3 is 0 Å². The molecule has 0 radical (unpaired) electrons. The van der Waals surface area contributed by atoms with Crippen molar-refractivity contribution in [3.05, 3.63) is 0 Å². The fourth-order valence-corrected chi connectivity index (χ4v) is 2.80. The van der Waals surface area contributed by atoms with E-state index < -0.39 is 0 Å². The Balaban J connectivity index is 2.31. The minimum absolute atomic E-state index is 0.00187. The van der Waals surface area contributed by atoms with Gasteiger partial charge in [0.1, 0.15) is 0 Å². The van der Waals surface area contributed by atoms with Crippen molar-refractivity contribution in [2.45, 2.75) is 52.5 Å². The summed E-state index contributed by atoms with van der Waals surface area (Å²) >= 11 is 0. The van der Waals surface area contributed by atoms with E-state index in [0.29, 0.717) is 31.8 Å². The van der Waals surface area contributed by atoms with Crippen LogP contribution in [0.4, 0.5) is 0 Å². The lowest BCUT2D eigenvalue weighted by atomic mass is 9.94. The summed E-state index contributed by atoms with van der Waals surface area (Å²) in [5.41, 5.74) is 5.72. The van der Waals surface area contributed by atoms with Crippen LogP contribution in [-0.4, -0.2) is 42.4 Å². The van der Waals surface area contributed by atoms with Crippen molar-refractivity contribution in [1.29, 1.82) is 0 Å². The summed E-state index contributed by atoms with van der Waals surface area (Å²) in [6.45, 7) is 8.21. The molecule has 0 aliphatic carbocycles. The molecule has 0 saturated carbocycles. The van der Waals surface area contributed by atoms with Crippen LogP contribution < -0.4 is 11.1 Å². The molecule has 0 bridgehead atoms. The Kier molecular flexibility index (Phi) is 6.99. The highest BCUT2D eigenvalue weighted by atomic mass is 16.2. The topological polar surface area (TPSA) is 75.4 Å². The first kappa shape index (κ1) is 17.0. The first-order valence-electron chi connectivity index (χ1n) is 7.69. The van der Waals surface area contributed by atoms with Gasteiger partial charge in [-0.25, -0.2) is 0 Å². The molecule has 20 heavy (non-hydrogen) atoms. The van der Waals surface area contributed by atoms with Crippen LogP contribution in [0.25, 0.3) is 0 Å². The van der Waals surface area contributed by atoms with Gasteiger partial charge in [-0.1, -0.05) is 13.8 Å². The molecule has 1 aliphatic heterocycles. The number of carbonyl (C=O) groups is 2. The molecule has 1 unspecified atom stereocenters. The van der Waals surface area contributed by atoms with Crippen LogP contribution in [0.2, 0.25) is 0 Å². The zero-order valence-corrected chi connectivity index (χ0v) is 13.0. The molecule has 1 saturated heterocycles. The second-order valence-electron chi connectivity index (χ2n) is 6.35. The molecule has 0 spiro atoms. The SMILES string of the molecule is CC(C)C[C@H](CN)CC(=O)NC(C)CN1CCCC1=O. The van der Waals surface area contributed by atoms with Gasteiger partial charge in [-0.3, -0.25) is 9.59 Å². The smallest absolute Gasteiger partial charge is 0.222 e. The standard InChI is InChI=1S/C15H29N3O2/c1-11(2)7-13(9-16)8-14(19)17-12(3)10-18-6-4-5-15(18)20/h11-13H,4-10,16H2,1-3H3,(H,17,19)/t12?,13-/m0/s1. The summed E-state index contributed by atoms with van der Waals surface area (Å²) in [4.78, 5) is 25.4. The average molecular weight is 283 g/mol. The number of hydrogen-bond donors (Lipinski definition) is 2. The van der Waals surface area contributed by atoms with Gasteiger partial charge in [0.2, 0.25) is 11.8 Å². The first-order chi connectivity index (χ1) is 9.42. The molecule has 1 rings (SSSR count). The predicted molar refractivity (Wildman–Crippen MR) is 80.0 cm³/mol. The van der Waals surface area contributed by atoms with Crippen LogP contribution in [-0.2, 0) is 9.59 Å². The summed E-state index contributed by atoms with van der Waals surface area (Å²) < 4.78 is 0. The molecular weight excluding hydrogens is 254 g/mol. The minimum atomic E-state index is 0.00187. The van der Waals surface area contributed by atoms with E-state index in [1.807, 2.05) is 11.8 Å². The van der Waals surface area contributed by atoms with E-state index in [4.69, 9.17) is 5.73 Å². The van der Waals surface area contributed by atoms with E-state index in [0.717, 1.165) is 19.4 Å². The minimum Gasteiger partial charge on any atom is -0.352 e. The number of nitrogens with one attached hydrogen (secondary N) is 1. The number of nitrogens with zero attached hydrogens (tertiary/aromatic N) is 1. The van der Waals surface area contributed by atoms with Crippen molar-refractivity contribution < 1.29 is 9.59 Å². The molecule has 3 N–H and O–H groups in total. The third-order valence-electron chi connectivity index (χ3n) is 3.69. The fraction of sp³-hybridized carbons (Fsp3) is 0.867. The average Bonchev–Trinajstić information content (AvgIpc) is 2.73. The molecule has 0 aromatic carbocycles. The lowest BCUT2D eigenvalue weighted by Gasteiger charge is -2.23. The van der Waals surface area contributed by atoms with Crippen LogP contribution >= 0.6 is 0 Å². The van der Waals surface area contributed by atoms with Crippen molar-refractivity contribution in [2.24, 2.45) is 17.6 Å². The van der Waals surface area contributed by atoms with Gasteiger partial charge in [0, 0.05) is 32.0 Å². The molecule has 0 aromatic rings. The predicted octanol–water partition coefficient (Wildman–Crippen LogP) is 1.12. The van der Waals surface area contributed by atoms with Crippen LogP contribution in [0.15, 0.2) is 0 Å². The van der Waals surface area contributed by atoms with Crippen molar-refractivity contribution in [1.82, 2.24) is 10.2 Å². The number of hydrogen-bond acceptors (Lipinski definition) is 3. The van der Waals surface area contributed by atoms with E-state index in [1.54, 1.807) is 0 Å². The number of likely N-dealkylation sites (tertiary alicyclic amines) is 1. The van der Waals surface area contributed by atoms with Crippen molar-refractivity contribution in [2.75, 3.05) is 19.6 Å². The van der Waals surface area contributed by atoms with E-state index in [9.17, 15) is 9.59 Å². The summed E-state index contributed by atoms with van der Waals surface area (Å²) in [5.74, 6) is 1.04. The molecule has 2 amide bonds. The molecule has 5 heteroatoms. The lowest BCUT2D eigenvalue weighted by molar-refractivity contribution is -0.129. The Hall–Kier alpha value is -1.10. The van der Waals surface area contributed by atoms with Gasteiger partial charge in [0.15, 0.2) is 0 Å². The van der Waals surface area contributed by atoms with E-state index in [2.05, 4.69) is 19.2 Å². The Morgan fingerprint density at radius 2 is 2.10 bits per heavy atom. The third kappa shape index (κ3) is 5.90. The zero-order valence-electron chi connectivity index (χ0n) is 13.0. The van der Waals surface area contributed by atoms with Gasteiger partial charge in [-0.05, 0) is 38.1 Å². The number of nitrogens with two attached hydrogens (primary N) is 1. The molecule has 1 heterocycles. The molecular formula is C15H29N3O2. The number of rotatable bonds is 8. The van der Waals surface area contributed by atoms with Crippen molar-refractivity contribution in [3.8, 4) is 0 Å². The molecule has 0 aromatic heterocycles. The van der Waals surface area contributed by atoms with Crippen molar-refractivity contribution in [3.63, 3.8) is 0 Å². The van der Waals surface area contributed by atoms with Crippen LogP contribution in [0.1, 0.15) is 46.5 Å². The van der Waals surface area contributed by atoms with Crippen molar-refractivity contribution >= 4 is 11.8 Å². The number of amides is 2. The highest BCUT2D eigenvalue weighted by Crippen LogP contribution is 2.14. The maximum Gasteiger partial charge on any atom is 0.222 e. The molecule has 5 nitrogen and oxygen atoms in total. The zero-order chi connectivity index (χ0) is 15.1. The maximum absolute atomic E-state index is 12.0. The number of carbonyl (C=O) groups excluding carboxylic acids is 2. The van der Waals surface area contributed by atoms with Gasteiger partial charge < -0.3 is 16.0 Å². The van der Waals surface area contributed by atoms with E-state index in [-0.39, 0.29) is 23.8 Å². The second kappa shape index (κ2) is 8.25. The largest absolute Gasteiger partial charge is 0.352 e. The van der Waals surface area contributed by atoms with Gasteiger partial charge in [0.25, 0.3) is 0 Å². The summed E-state index contributed by atoms with van der Waals surface area (Å²) in [6.07, 6.45) is 3.03. The van der Waals surface area contributed by atoms with E-state index in [1.165, 1.54) is 0 Å². The van der Waals surface area contributed by atoms with Gasteiger partial charge in [0.05, 0.1) is 0 Å². The fourth-order valence-electron chi connectivity index (χ4n) is 2.80. The first-order valence-corrected chi connectivity index (χ1v) is 7.69. The normalized spacial score (nSPS) is 18.4. The molecule has 1 aliphatic rings. The summed E-state index contributed by atoms with van der Waals surface area (Å²) in [5, 5.41) is 2.98. The van der Waals surface area contributed by atoms with Crippen LogP contribution in [0.5, 0.6) is 0 Å². The van der Waals surface area contributed by atoms with Crippen LogP contribution in [0.3, 0.4) is 0 Å². The molecule has 2 atom stereocenters. The van der Waals surface area contributed by atoms with Crippen LogP contribution in [0, 0.1) is 11.8 Å². The quantitative estimate of drug-likeness (QED) is 0.701. The van der Waals surface area contributed by atoms with Gasteiger partial charge in [-0.2, -0.15) is 0 Å². The highest BCUT2D eigenvalue weighted by molar-refractivity contribution is 5.78. The Labute approximate surface area is 122 Å². The Morgan fingerprint density at radius 3 is 2.60 bits per heavy atom. The molecule has 1 fully saturated rings. The molecule has 116 valence electrons. The highest BCUT2D eigenvalue weighted by Gasteiger charge is 2.23. The maximum atomic E-state index is 12.0. The second-order valence-corrected chi connectivity index (χ2v) is 6.35. The lowest BCUT2D eigenvalue weighted by Crippen LogP contribution is -2.43. The Morgan fingerprint density at radius 1 is 1.40 bits per heavy atom. The Bertz CT molecular complexity index is 331. The monoisotopic (exact) mass is 283 g/mol. The summed E-state index contributed by atoms with van der Waals surface area (Å²) in [7, 11) is 0.